The fourth-order valence-corrected chi connectivity index (χ4v) is 2.22. The molecule has 0 bridgehead atoms. The molecule has 2 aromatic rings. The van der Waals surface area contributed by atoms with Gasteiger partial charge in [-0.1, -0.05) is 50.2 Å². The fourth-order valence-electron chi connectivity index (χ4n) is 2.22. The first-order valence-corrected chi connectivity index (χ1v) is 7.02. The number of anilines is 1. The molecular weight excluding hydrogens is 230 g/mol. The molecule has 2 aromatic carbocycles. The maximum Gasteiger partial charge on any atom is 0.0400 e. The minimum Gasteiger partial charge on any atom is -0.381 e. The lowest BCUT2D eigenvalue weighted by Gasteiger charge is -2.09. The van der Waals surface area contributed by atoms with Crippen molar-refractivity contribution in [3.05, 3.63) is 65.2 Å². The number of nitrogens with one attached hydrogen (secondary N) is 1. The van der Waals surface area contributed by atoms with Crippen LogP contribution >= 0.6 is 0 Å². The number of rotatable bonds is 5. The normalized spacial score (nSPS) is 10.7. The molecule has 0 unspecified atom stereocenters. The summed E-state index contributed by atoms with van der Waals surface area (Å²) in [5, 5.41) is 3.46. The maximum absolute atomic E-state index is 3.46. The molecule has 1 N–H and O–H groups in total. The van der Waals surface area contributed by atoms with Gasteiger partial charge in [0.2, 0.25) is 0 Å². The first-order chi connectivity index (χ1) is 9.13. The van der Waals surface area contributed by atoms with Crippen molar-refractivity contribution in [3.63, 3.8) is 0 Å². The summed E-state index contributed by atoms with van der Waals surface area (Å²) < 4.78 is 0. The Bertz CT molecular complexity index is 511. The van der Waals surface area contributed by atoms with E-state index in [1.54, 1.807) is 0 Å². The predicted octanol–water partition coefficient (Wildman–Crippen LogP) is 4.81. The Hall–Kier alpha value is -1.76. The third-order valence-electron chi connectivity index (χ3n) is 3.18. The topological polar surface area (TPSA) is 12.0 Å². The Morgan fingerprint density at radius 3 is 2.26 bits per heavy atom. The molecular formula is C18H23N. The molecule has 0 aliphatic rings. The Labute approximate surface area is 116 Å². The molecule has 0 aliphatic carbocycles. The highest BCUT2D eigenvalue weighted by molar-refractivity contribution is 5.46. The van der Waals surface area contributed by atoms with Crippen molar-refractivity contribution >= 4 is 5.69 Å². The van der Waals surface area contributed by atoms with E-state index in [1.807, 2.05) is 0 Å². The quantitative estimate of drug-likeness (QED) is 0.806. The van der Waals surface area contributed by atoms with E-state index in [-0.39, 0.29) is 0 Å². The summed E-state index contributed by atoms with van der Waals surface area (Å²) in [4.78, 5) is 0. The van der Waals surface area contributed by atoms with Gasteiger partial charge in [0.05, 0.1) is 0 Å². The lowest BCUT2D eigenvalue weighted by Crippen LogP contribution is -2.00. The molecule has 0 fully saturated rings. The Balaban J connectivity index is 1.93. The van der Waals surface area contributed by atoms with Crippen LogP contribution < -0.4 is 5.32 Å². The number of aryl methyl sites for hydroxylation is 1. The van der Waals surface area contributed by atoms with Crippen LogP contribution in [0.3, 0.4) is 0 Å². The SMILES string of the molecule is Cc1cccc(NCc2ccc(CC(C)C)cc2)c1. The van der Waals surface area contributed by atoms with Gasteiger partial charge in [0.25, 0.3) is 0 Å². The number of hydrogen-bond acceptors (Lipinski definition) is 1. The highest BCUT2D eigenvalue weighted by atomic mass is 14.9. The highest BCUT2D eigenvalue weighted by Crippen LogP contribution is 2.13. The molecule has 0 aromatic heterocycles. The van der Waals surface area contributed by atoms with Gasteiger partial charge in [-0.25, -0.2) is 0 Å². The molecule has 0 aliphatic heterocycles. The largest absolute Gasteiger partial charge is 0.381 e. The minimum absolute atomic E-state index is 0.719. The van der Waals surface area contributed by atoms with Gasteiger partial charge in [0.15, 0.2) is 0 Å². The van der Waals surface area contributed by atoms with Crippen LogP contribution in [0.1, 0.15) is 30.5 Å². The predicted molar refractivity (Wildman–Crippen MR) is 83.5 cm³/mol. The van der Waals surface area contributed by atoms with Gasteiger partial charge in [0.1, 0.15) is 0 Å². The van der Waals surface area contributed by atoms with E-state index in [9.17, 15) is 0 Å². The van der Waals surface area contributed by atoms with Gasteiger partial charge in [-0.3, -0.25) is 0 Å². The van der Waals surface area contributed by atoms with E-state index in [0.717, 1.165) is 18.9 Å². The van der Waals surface area contributed by atoms with Crippen molar-refractivity contribution in [2.45, 2.75) is 33.7 Å². The second-order valence-corrected chi connectivity index (χ2v) is 5.64. The van der Waals surface area contributed by atoms with Crippen molar-refractivity contribution in [2.24, 2.45) is 5.92 Å². The van der Waals surface area contributed by atoms with Crippen LogP contribution in [0.15, 0.2) is 48.5 Å². The molecule has 0 atom stereocenters. The van der Waals surface area contributed by atoms with E-state index < -0.39 is 0 Å². The zero-order valence-electron chi connectivity index (χ0n) is 12.1. The van der Waals surface area contributed by atoms with Gasteiger partial charge in [0, 0.05) is 12.2 Å². The standard InChI is InChI=1S/C18H23N/c1-14(2)11-16-7-9-17(10-8-16)13-19-18-6-4-5-15(3)12-18/h4-10,12,14,19H,11,13H2,1-3H3. The summed E-state index contributed by atoms with van der Waals surface area (Å²) >= 11 is 0. The summed E-state index contributed by atoms with van der Waals surface area (Å²) in [6, 6.07) is 17.4. The van der Waals surface area contributed by atoms with Crippen LogP contribution in [-0.4, -0.2) is 0 Å². The van der Waals surface area contributed by atoms with E-state index in [1.165, 1.54) is 22.4 Å². The third-order valence-corrected chi connectivity index (χ3v) is 3.18. The molecule has 0 amide bonds. The third kappa shape index (κ3) is 4.44. The summed E-state index contributed by atoms with van der Waals surface area (Å²) in [5.41, 5.74) is 5.23. The molecule has 0 spiro atoms. The average Bonchev–Trinajstić information content (AvgIpc) is 2.37. The number of hydrogen-bond donors (Lipinski definition) is 1. The van der Waals surface area contributed by atoms with Crippen molar-refractivity contribution < 1.29 is 0 Å². The lowest BCUT2D eigenvalue weighted by atomic mass is 10.0. The van der Waals surface area contributed by atoms with Crippen molar-refractivity contribution in [2.75, 3.05) is 5.32 Å². The van der Waals surface area contributed by atoms with Crippen molar-refractivity contribution in [3.8, 4) is 0 Å². The highest BCUT2D eigenvalue weighted by Gasteiger charge is 1.99. The van der Waals surface area contributed by atoms with Crippen LogP contribution in [-0.2, 0) is 13.0 Å². The van der Waals surface area contributed by atoms with Gasteiger partial charge in [-0.05, 0) is 48.1 Å². The van der Waals surface area contributed by atoms with Crippen LogP contribution in [0.5, 0.6) is 0 Å². The van der Waals surface area contributed by atoms with Gasteiger partial charge < -0.3 is 5.32 Å². The van der Waals surface area contributed by atoms with Crippen LogP contribution in [0.4, 0.5) is 5.69 Å². The summed E-state index contributed by atoms with van der Waals surface area (Å²) in [6.07, 6.45) is 1.16. The Kier molecular flexibility index (Phi) is 4.62. The monoisotopic (exact) mass is 253 g/mol. The molecule has 1 nitrogen and oxygen atoms in total. The van der Waals surface area contributed by atoms with Gasteiger partial charge in [-0.15, -0.1) is 0 Å². The molecule has 0 heterocycles. The minimum atomic E-state index is 0.719. The Morgan fingerprint density at radius 1 is 0.947 bits per heavy atom. The molecule has 1 heteroatoms. The molecule has 0 saturated heterocycles. The lowest BCUT2D eigenvalue weighted by molar-refractivity contribution is 0.647. The summed E-state index contributed by atoms with van der Waals surface area (Å²) in [5.74, 6) is 0.719. The average molecular weight is 253 g/mol. The molecule has 19 heavy (non-hydrogen) atoms. The van der Waals surface area contributed by atoms with E-state index in [4.69, 9.17) is 0 Å². The first kappa shape index (κ1) is 13.7. The zero-order valence-corrected chi connectivity index (χ0v) is 12.1. The summed E-state index contributed by atoms with van der Waals surface area (Å²) in [7, 11) is 0. The first-order valence-electron chi connectivity index (χ1n) is 7.02. The zero-order chi connectivity index (χ0) is 13.7. The maximum atomic E-state index is 3.46. The fraction of sp³-hybridized carbons (Fsp3) is 0.333. The number of benzene rings is 2. The second kappa shape index (κ2) is 6.42. The molecule has 2 rings (SSSR count). The molecule has 0 saturated carbocycles. The van der Waals surface area contributed by atoms with E-state index in [0.29, 0.717) is 0 Å². The smallest absolute Gasteiger partial charge is 0.0400 e. The van der Waals surface area contributed by atoms with E-state index in [2.05, 4.69) is 74.6 Å². The van der Waals surface area contributed by atoms with Gasteiger partial charge in [-0.2, -0.15) is 0 Å². The Morgan fingerprint density at radius 2 is 1.63 bits per heavy atom. The van der Waals surface area contributed by atoms with Crippen LogP contribution in [0.2, 0.25) is 0 Å². The van der Waals surface area contributed by atoms with Crippen molar-refractivity contribution in [1.29, 1.82) is 0 Å². The van der Waals surface area contributed by atoms with Gasteiger partial charge >= 0.3 is 0 Å². The molecule has 100 valence electrons. The second-order valence-electron chi connectivity index (χ2n) is 5.64. The van der Waals surface area contributed by atoms with Crippen LogP contribution in [0, 0.1) is 12.8 Å². The van der Waals surface area contributed by atoms with E-state index >= 15 is 0 Å². The van der Waals surface area contributed by atoms with Crippen LogP contribution in [0.25, 0.3) is 0 Å². The summed E-state index contributed by atoms with van der Waals surface area (Å²) in [6.45, 7) is 7.51. The van der Waals surface area contributed by atoms with Crippen molar-refractivity contribution in [1.82, 2.24) is 0 Å². The molecule has 0 radical (unpaired) electrons.